The van der Waals surface area contributed by atoms with E-state index in [0.29, 0.717) is 5.56 Å². The minimum atomic E-state index is -0.644. The molecule has 0 radical (unpaired) electrons. The lowest BCUT2D eigenvalue weighted by molar-refractivity contribution is 0.101. The second-order valence-corrected chi connectivity index (χ2v) is 2.94. The fraction of sp³-hybridized carbons (Fsp3) is 0.222. The molecule has 13 heavy (non-hydrogen) atoms. The first-order valence-corrected chi connectivity index (χ1v) is 3.98. The molecule has 0 bridgehead atoms. The zero-order chi connectivity index (χ0) is 10.0. The number of halogens is 2. The van der Waals surface area contributed by atoms with Crippen molar-refractivity contribution in [2.45, 2.75) is 6.92 Å². The molecule has 0 aliphatic carbocycles. The summed E-state index contributed by atoms with van der Waals surface area (Å²) in [6.07, 6.45) is 0. The third kappa shape index (κ3) is 1.98. The summed E-state index contributed by atoms with van der Waals surface area (Å²) in [6, 6.07) is 2.60. The van der Waals surface area contributed by atoms with Gasteiger partial charge in [-0.2, -0.15) is 0 Å². The zero-order valence-corrected chi connectivity index (χ0v) is 7.98. The topological polar surface area (TPSA) is 26.3 Å². The van der Waals surface area contributed by atoms with Gasteiger partial charge in [-0.15, -0.1) is 0 Å². The minimum absolute atomic E-state index is 0.0160. The van der Waals surface area contributed by atoms with Gasteiger partial charge in [0, 0.05) is 5.56 Å². The van der Waals surface area contributed by atoms with E-state index >= 15 is 0 Å². The van der Waals surface area contributed by atoms with E-state index in [9.17, 15) is 9.18 Å². The van der Waals surface area contributed by atoms with Gasteiger partial charge < -0.3 is 4.74 Å². The molecule has 0 aliphatic heterocycles. The van der Waals surface area contributed by atoms with Crippen molar-refractivity contribution in [2.24, 2.45) is 0 Å². The molecule has 0 fully saturated rings. The van der Waals surface area contributed by atoms with Crippen molar-refractivity contribution in [1.82, 2.24) is 0 Å². The van der Waals surface area contributed by atoms with Gasteiger partial charge in [0.25, 0.3) is 0 Å². The van der Waals surface area contributed by atoms with Crippen molar-refractivity contribution in [2.75, 3.05) is 7.11 Å². The van der Waals surface area contributed by atoms with Crippen molar-refractivity contribution in [3.8, 4) is 5.75 Å². The Hall–Kier alpha value is -1.09. The van der Waals surface area contributed by atoms with E-state index in [1.54, 1.807) is 0 Å². The summed E-state index contributed by atoms with van der Waals surface area (Å²) in [7, 11) is 1.32. The Morgan fingerprint density at radius 1 is 1.54 bits per heavy atom. The van der Waals surface area contributed by atoms with E-state index in [0.717, 1.165) is 0 Å². The van der Waals surface area contributed by atoms with Gasteiger partial charge in [0.2, 0.25) is 0 Å². The number of Topliss-reactive ketones (excluding diaryl/α,β-unsaturated/α-hetero) is 1. The maximum absolute atomic E-state index is 13.1. The second-order valence-electron chi connectivity index (χ2n) is 2.53. The summed E-state index contributed by atoms with van der Waals surface area (Å²) in [5, 5.41) is -0.107. The molecule has 0 heterocycles. The van der Waals surface area contributed by atoms with Crippen molar-refractivity contribution >= 4 is 17.4 Å². The fourth-order valence-corrected chi connectivity index (χ4v) is 1.13. The zero-order valence-electron chi connectivity index (χ0n) is 7.23. The number of ketones is 1. The third-order valence-corrected chi connectivity index (χ3v) is 1.90. The Bertz CT molecular complexity index is 350. The molecule has 1 rings (SSSR count). The summed E-state index contributed by atoms with van der Waals surface area (Å²) < 4.78 is 17.8. The highest BCUT2D eigenvalue weighted by Gasteiger charge is 2.11. The Kier molecular flexibility index (Phi) is 2.88. The first kappa shape index (κ1) is 9.99. The van der Waals surface area contributed by atoms with E-state index < -0.39 is 5.82 Å². The van der Waals surface area contributed by atoms with Crippen LogP contribution in [0.25, 0.3) is 0 Å². The number of rotatable bonds is 2. The monoisotopic (exact) mass is 202 g/mol. The van der Waals surface area contributed by atoms with Crippen LogP contribution >= 0.6 is 11.6 Å². The highest BCUT2D eigenvalue weighted by Crippen LogP contribution is 2.26. The van der Waals surface area contributed by atoms with Crippen LogP contribution in [0.1, 0.15) is 17.3 Å². The smallest absolute Gasteiger partial charge is 0.183 e. The lowest BCUT2D eigenvalue weighted by Gasteiger charge is -2.04. The van der Waals surface area contributed by atoms with Crippen LogP contribution in [0.5, 0.6) is 5.75 Å². The Labute approximate surface area is 80.3 Å². The van der Waals surface area contributed by atoms with Gasteiger partial charge in [-0.25, -0.2) is 4.39 Å². The molecule has 0 saturated heterocycles. The lowest BCUT2D eigenvalue weighted by atomic mass is 10.1. The molecular formula is C9H8ClFO2. The standard InChI is InChI=1S/C9H8ClFO2/c1-5(12)6-3-7(10)9(11)8(4-6)13-2/h3-4H,1-2H3. The molecule has 0 saturated carbocycles. The predicted octanol–water partition coefficient (Wildman–Crippen LogP) is 2.69. The molecular weight excluding hydrogens is 195 g/mol. The summed E-state index contributed by atoms with van der Waals surface area (Å²) in [5.41, 5.74) is 0.336. The van der Waals surface area contributed by atoms with Gasteiger partial charge in [-0.05, 0) is 19.1 Å². The summed E-state index contributed by atoms with van der Waals surface area (Å²) in [4.78, 5) is 10.9. The van der Waals surface area contributed by atoms with E-state index in [4.69, 9.17) is 16.3 Å². The molecule has 0 aliphatic rings. The lowest BCUT2D eigenvalue weighted by Crippen LogP contribution is -1.96. The fourth-order valence-electron chi connectivity index (χ4n) is 0.916. The molecule has 70 valence electrons. The minimum Gasteiger partial charge on any atom is -0.494 e. The first-order chi connectivity index (χ1) is 6.06. The summed E-state index contributed by atoms with van der Waals surface area (Å²) in [6.45, 7) is 1.38. The highest BCUT2D eigenvalue weighted by molar-refractivity contribution is 6.31. The Morgan fingerprint density at radius 2 is 2.15 bits per heavy atom. The molecule has 0 spiro atoms. The van der Waals surface area contributed by atoms with E-state index in [1.807, 2.05) is 0 Å². The second kappa shape index (κ2) is 3.75. The van der Waals surface area contributed by atoms with Crippen molar-refractivity contribution in [3.63, 3.8) is 0 Å². The maximum Gasteiger partial charge on any atom is 0.183 e. The van der Waals surface area contributed by atoms with Gasteiger partial charge >= 0.3 is 0 Å². The molecule has 0 N–H and O–H groups in total. The predicted molar refractivity (Wildman–Crippen MR) is 48.0 cm³/mol. The number of ether oxygens (including phenoxy) is 1. The van der Waals surface area contributed by atoms with Gasteiger partial charge in [-0.3, -0.25) is 4.79 Å². The molecule has 2 nitrogen and oxygen atoms in total. The van der Waals surface area contributed by atoms with Crippen LogP contribution in [0.2, 0.25) is 5.02 Å². The molecule has 1 aromatic carbocycles. The summed E-state index contributed by atoms with van der Waals surface area (Å²) in [5.74, 6) is -0.841. The van der Waals surface area contributed by atoms with E-state index in [2.05, 4.69) is 0 Å². The number of hydrogen-bond donors (Lipinski definition) is 0. The molecule has 0 amide bonds. The van der Waals surface area contributed by atoms with Crippen LogP contribution < -0.4 is 4.74 Å². The molecule has 4 heteroatoms. The van der Waals surface area contributed by atoms with Crippen LogP contribution in [0, 0.1) is 5.82 Å². The van der Waals surface area contributed by atoms with Gasteiger partial charge in [0.05, 0.1) is 12.1 Å². The number of benzene rings is 1. The van der Waals surface area contributed by atoms with Gasteiger partial charge in [0.1, 0.15) is 0 Å². The van der Waals surface area contributed by atoms with Crippen molar-refractivity contribution in [1.29, 1.82) is 0 Å². The van der Waals surface area contributed by atoms with Crippen LogP contribution in [-0.4, -0.2) is 12.9 Å². The van der Waals surface area contributed by atoms with Gasteiger partial charge in [-0.1, -0.05) is 11.6 Å². The first-order valence-electron chi connectivity index (χ1n) is 3.60. The van der Waals surface area contributed by atoms with Crippen LogP contribution in [0.4, 0.5) is 4.39 Å². The maximum atomic E-state index is 13.1. The molecule has 0 aromatic heterocycles. The molecule has 0 unspecified atom stereocenters. The van der Waals surface area contributed by atoms with Crippen molar-refractivity contribution in [3.05, 3.63) is 28.5 Å². The SMILES string of the molecule is COc1cc(C(C)=O)cc(Cl)c1F. The van der Waals surface area contributed by atoms with Crippen LogP contribution in [-0.2, 0) is 0 Å². The number of methoxy groups -OCH3 is 1. The van der Waals surface area contributed by atoms with Crippen molar-refractivity contribution < 1.29 is 13.9 Å². The highest BCUT2D eigenvalue weighted by atomic mass is 35.5. The normalized spacial score (nSPS) is 9.85. The Balaban J connectivity index is 3.30. The Morgan fingerprint density at radius 3 is 2.62 bits per heavy atom. The summed E-state index contributed by atoms with van der Waals surface area (Å²) >= 11 is 5.53. The van der Waals surface area contributed by atoms with Gasteiger partial charge in [0.15, 0.2) is 17.3 Å². The number of carbonyl (C=O) groups excluding carboxylic acids is 1. The van der Waals surface area contributed by atoms with E-state index in [-0.39, 0.29) is 16.6 Å². The van der Waals surface area contributed by atoms with E-state index in [1.165, 1.54) is 26.2 Å². The molecule has 1 aromatic rings. The number of carbonyl (C=O) groups is 1. The van der Waals surface area contributed by atoms with Crippen LogP contribution in [0.15, 0.2) is 12.1 Å². The van der Waals surface area contributed by atoms with Crippen LogP contribution in [0.3, 0.4) is 0 Å². The quantitative estimate of drug-likeness (QED) is 0.690. The average Bonchev–Trinajstić information content (AvgIpc) is 2.09. The average molecular weight is 203 g/mol. The number of hydrogen-bond acceptors (Lipinski definition) is 2. The molecule has 0 atom stereocenters. The third-order valence-electron chi connectivity index (χ3n) is 1.62. The largest absolute Gasteiger partial charge is 0.494 e.